The Hall–Kier alpha value is -0.120. The quantitative estimate of drug-likeness (QED) is 0.798. The lowest BCUT2D eigenvalue weighted by Crippen LogP contribution is -2.24. The Bertz CT molecular complexity index is 270. The molecule has 0 spiro atoms. The van der Waals surface area contributed by atoms with Crippen molar-refractivity contribution >= 4 is 27.3 Å². The van der Waals surface area contributed by atoms with Gasteiger partial charge in [-0.3, -0.25) is 0 Å². The Labute approximate surface area is 92.0 Å². The largest absolute Gasteiger partial charge is 0.310 e. The van der Waals surface area contributed by atoms with Gasteiger partial charge in [-0.2, -0.15) is 0 Å². The van der Waals surface area contributed by atoms with Crippen LogP contribution in [-0.2, 0) is 6.54 Å². The third-order valence-electron chi connectivity index (χ3n) is 1.80. The molecule has 0 fully saturated rings. The first-order valence-electron chi connectivity index (χ1n) is 4.29. The molecule has 13 heavy (non-hydrogen) atoms. The minimum Gasteiger partial charge on any atom is -0.310 e. The zero-order valence-corrected chi connectivity index (χ0v) is 10.1. The number of nitrogens with one attached hydrogen (secondary N) is 1. The Balaban J connectivity index is 2.30. The smallest absolute Gasteiger partial charge is 0.0701 e. The standard InChI is InChI=1S/C10H14BrNS/c1-3-4-8(2)12-6-9-5-10(11)13-7-9/h3,5,7-8,12H,1,4,6H2,2H3. The molecule has 0 saturated heterocycles. The highest BCUT2D eigenvalue weighted by molar-refractivity contribution is 9.11. The van der Waals surface area contributed by atoms with Gasteiger partial charge in [0.05, 0.1) is 3.79 Å². The summed E-state index contributed by atoms with van der Waals surface area (Å²) in [5.74, 6) is 0. The Morgan fingerprint density at radius 3 is 3.08 bits per heavy atom. The molecule has 1 aromatic heterocycles. The van der Waals surface area contributed by atoms with Crippen molar-refractivity contribution < 1.29 is 0 Å². The lowest BCUT2D eigenvalue weighted by Gasteiger charge is -2.09. The van der Waals surface area contributed by atoms with Gasteiger partial charge in [0, 0.05) is 12.6 Å². The molecule has 1 aromatic rings. The Kier molecular flexibility index (Phi) is 4.70. The van der Waals surface area contributed by atoms with Gasteiger partial charge in [0.25, 0.3) is 0 Å². The minimum atomic E-state index is 0.510. The fourth-order valence-electron chi connectivity index (χ4n) is 1.06. The second-order valence-corrected chi connectivity index (χ2v) is 5.36. The summed E-state index contributed by atoms with van der Waals surface area (Å²) < 4.78 is 1.20. The molecular formula is C10H14BrNS. The van der Waals surface area contributed by atoms with E-state index < -0.39 is 0 Å². The average Bonchev–Trinajstić information content (AvgIpc) is 2.49. The van der Waals surface area contributed by atoms with Crippen LogP contribution in [0.1, 0.15) is 18.9 Å². The molecule has 1 atom stereocenters. The second kappa shape index (κ2) is 5.58. The summed E-state index contributed by atoms with van der Waals surface area (Å²) in [5.41, 5.74) is 1.34. The molecular weight excluding hydrogens is 246 g/mol. The van der Waals surface area contributed by atoms with Crippen molar-refractivity contribution in [3.63, 3.8) is 0 Å². The van der Waals surface area contributed by atoms with Crippen LogP contribution in [0.25, 0.3) is 0 Å². The lowest BCUT2D eigenvalue weighted by atomic mass is 10.2. The van der Waals surface area contributed by atoms with Gasteiger partial charge in [0.15, 0.2) is 0 Å². The van der Waals surface area contributed by atoms with E-state index in [1.54, 1.807) is 11.3 Å². The first kappa shape index (κ1) is 11.0. The topological polar surface area (TPSA) is 12.0 Å². The van der Waals surface area contributed by atoms with Crippen molar-refractivity contribution in [2.75, 3.05) is 0 Å². The third-order valence-corrected chi connectivity index (χ3v) is 3.35. The van der Waals surface area contributed by atoms with Crippen LogP contribution in [0.15, 0.2) is 27.9 Å². The van der Waals surface area contributed by atoms with E-state index >= 15 is 0 Å². The van der Waals surface area contributed by atoms with Crippen molar-refractivity contribution in [2.24, 2.45) is 0 Å². The number of thiophene rings is 1. The number of halogens is 1. The third kappa shape index (κ3) is 4.07. The van der Waals surface area contributed by atoms with Gasteiger partial charge < -0.3 is 5.32 Å². The maximum absolute atomic E-state index is 3.71. The Morgan fingerprint density at radius 2 is 2.54 bits per heavy atom. The molecule has 0 aromatic carbocycles. The van der Waals surface area contributed by atoms with Gasteiger partial charge in [0.2, 0.25) is 0 Å². The predicted molar refractivity (Wildman–Crippen MR) is 63.1 cm³/mol. The molecule has 1 unspecified atom stereocenters. The van der Waals surface area contributed by atoms with E-state index in [0.29, 0.717) is 6.04 Å². The van der Waals surface area contributed by atoms with Crippen LogP contribution in [0, 0.1) is 0 Å². The monoisotopic (exact) mass is 259 g/mol. The second-order valence-electron chi connectivity index (χ2n) is 3.07. The van der Waals surface area contributed by atoms with E-state index in [0.717, 1.165) is 13.0 Å². The van der Waals surface area contributed by atoms with E-state index in [2.05, 4.69) is 46.2 Å². The molecule has 3 heteroatoms. The van der Waals surface area contributed by atoms with E-state index in [4.69, 9.17) is 0 Å². The molecule has 0 aliphatic rings. The first-order valence-corrected chi connectivity index (χ1v) is 5.97. The van der Waals surface area contributed by atoms with Crippen molar-refractivity contribution in [2.45, 2.75) is 25.9 Å². The SMILES string of the molecule is C=CCC(C)NCc1csc(Br)c1. The van der Waals surface area contributed by atoms with Crippen LogP contribution in [0.5, 0.6) is 0 Å². The van der Waals surface area contributed by atoms with Crippen LogP contribution < -0.4 is 5.32 Å². The molecule has 72 valence electrons. The predicted octanol–water partition coefficient (Wildman–Crippen LogP) is 3.56. The summed E-state index contributed by atoms with van der Waals surface area (Å²) in [5, 5.41) is 5.59. The van der Waals surface area contributed by atoms with E-state index in [1.807, 2.05) is 6.08 Å². The van der Waals surface area contributed by atoms with Gasteiger partial charge in [-0.15, -0.1) is 17.9 Å². The molecule has 1 heterocycles. The molecule has 0 aliphatic carbocycles. The maximum atomic E-state index is 3.71. The van der Waals surface area contributed by atoms with Gasteiger partial charge in [-0.05, 0) is 46.3 Å². The fraction of sp³-hybridized carbons (Fsp3) is 0.400. The summed E-state index contributed by atoms with van der Waals surface area (Å²) >= 11 is 5.17. The molecule has 0 bridgehead atoms. The molecule has 0 amide bonds. The van der Waals surface area contributed by atoms with Gasteiger partial charge in [-0.25, -0.2) is 0 Å². The summed E-state index contributed by atoms with van der Waals surface area (Å²) in [6, 6.07) is 2.66. The van der Waals surface area contributed by atoms with Crippen LogP contribution in [0.3, 0.4) is 0 Å². The van der Waals surface area contributed by atoms with E-state index in [1.165, 1.54) is 9.35 Å². The summed E-state index contributed by atoms with van der Waals surface area (Å²) in [6.45, 7) is 6.83. The van der Waals surface area contributed by atoms with Gasteiger partial charge in [0.1, 0.15) is 0 Å². The number of rotatable bonds is 5. The number of hydrogen-bond acceptors (Lipinski definition) is 2. The molecule has 0 aliphatic heterocycles. The highest BCUT2D eigenvalue weighted by atomic mass is 79.9. The molecule has 1 N–H and O–H groups in total. The normalized spacial score (nSPS) is 12.8. The highest BCUT2D eigenvalue weighted by Gasteiger charge is 2.00. The van der Waals surface area contributed by atoms with Crippen LogP contribution in [-0.4, -0.2) is 6.04 Å². The average molecular weight is 260 g/mol. The molecule has 0 saturated carbocycles. The van der Waals surface area contributed by atoms with Crippen molar-refractivity contribution in [3.05, 3.63) is 33.5 Å². The van der Waals surface area contributed by atoms with E-state index in [-0.39, 0.29) is 0 Å². The van der Waals surface area contributed by atoms with Gasteiger partial charge in [-0.1, -0.05) is 6.08 Å². The highest BCUT2D eigenvalue weighted by Crippen LogP contribution is 2.20. The van der Waals surface area contributed by atoms with Gasteiger partial charge >= 0.3 is 0 Å². The Morgan fingerprint density at radius 1 is 1.77 bits per heavy atom. The lowest BCUT2D eigenvalue weighted by molar-refractivity contribution is 0.554. The van der Waals surface area contributed by atoms with Crippen molar-refractivity contribution in [3.8, 4) is 0 Å². The summed E-state index contributed by atoms with van der Waals surface area (Å²) in [4.78, 5) is 0. The number of hydrogen-bond donors (Lipinski definition) is 1. The van der Waals surface area contributed by atoms with Crippen molar-refractivity contribution in [1.29, 1.82) is 0 Å². The van der Waals surface area contributed by atoms with E-state index in [9.17, 15) is 0 Å². The van der Waals surface area contributed by atoms with Crippen LogP contribution in [0.4, 0.5) is 0 Å². The molecule has 1 rings (SSSR count). The molecule has 0 radical (unpaired) electrons. The van der Waals surface area contributed by atoms with Crippen LogP contribution in [0.2, 0.25) is 0 Å². The summed E-state index contributed by atoms with van der Waals surface area (Å²) in [6.07, 6.45) is 2.96. The first-order chi connectivity index (χ1) is 6.22. The minimum absolute atomic E-state index is 0.510. The van der Waals surface area contributed by atoms with Crippen molar-refractivity contribution in [1.82, 2.24) is 5.32 Å². The zero-order chi connectivity index (χ0) is 9.68. The summed E-state index contributed by atoms with van der Waals surface area (Å²) in [7, 11) is 0. The zero-order valence-electron chi connectivity index (χ0n) is 7.72. The molecule has 1 nitrogen and oxygen atoms in total. The van der Waals surface area contributed by atoms with Crippen LogP contribution >= 0.6 is 27.3 Å². The maximum Gasteiger partial charge on any atom is 0.0701 e. The fourth-order valence-corrected chi connectivity index (χ4v) is 2.27.